The second kappa shape index (κ2) is 13.4. The lowest BCUT2D eigenvalue weighted by atomic mass is 9.95. The lowest BCUT2D eigenvalue weighted by Gasteiger charge is -2.23. The molecule has 3 aromatic rings. The molecule has 0 aliphatic rings. The van der Waals surface area contributed by atoms with Crippen LogP contribution in [-0.4, -0.2) is 58.3 Å². The molecule has 3 N–H and O–H groups in total. The van der Waals surface area contributed by atoms with E-state index in [2.05, 4.69) is 5.32 Å². The molecule has 0 saturated carbocycles. The second-order valence-corrected chi connectivity index (χ2v) is 9.74. The number of aliphatic hydroxyl groups is 1. The first-order valence-corrected chi connectivity index (χ1v) is 13.2. The largest absolute Gasteiger partial charge is 0.755 e. The van der Waals surface area contributed by atoms with Crippen molar-refractivity contribution in [3.63, 3.8) is 0 Å². The number of carbonyl (C=O) groups excluding carboxylic acids is 1. The van der Waals surface area contributed by atoms with Gasteiger partial charge in [0, 0.05) is 31.4 Å². The van der Waals surface area contributed by atoms with Crippen molar-refractivity contribution in [2.24, 2.45) is 0 Å². The number of aryl methyl sites for hydroxylation is 2. The number of nitrogens with one attached hydrogen (secondary N) is 1. The number of hydrogen-bond donors (Lipinski definition) is 3. The van der Waals surface area contributed by atoms with Gasteiger partial charge in [-0.2, -0.15) is 0 Å². The summed E-state index contributed by atoms with van der Waals surface area (Å²) in [6.07, 6.45) is -0.901. The van der Waals surface area contributed by atoms with Crippen LogP contribution in [-0.2, 0) is 16.0 Å². The van der Waals surface area contributed by atoms with Gasteiger partial charge in [-0.15, -0.1) is 0 Å². The number of ether oxygens (including phenoxy) is 2. The molecule has 0 heterocycles. The van der Waals surface area contributed by atoms with Gasteiger partial charge in [0.15, 0.2) is 0 Å². The highest BCUT2D eigenvalue weighted by molar-refractivity contribution is 7.80. The lowest BCUT2D eigenvalue weighted by molar-refractivity contribution is 0.0526. The van der Waals surface area contributed by atoms with E-state index in [1.165, 1.54) is 19.2 Å². The number of anilines is 1. The summed E-state index contributed by atoms with van der Waals surface area (Å²) in [5.74, 6) is 0.195. The third kappa shape index (κ3) is 7.32. The Kier molecular flexibility index (Phi) is 10.3. The van der Waals surface area contributed by atoms with E-state index in [4.69, 9.17) is 9.47 Å². The number of phenolic OH excluding ortho intramolecular Hbond substituents is 1. The van der Waals surface area contributed by atoms with Crippen LogP contribution in [0.4, 0.5) is 5.69 Å². The normalized spacial score (nSPS) is 12.6. The van der Waals surface area contributed by atoms with Crippen LogP contribution in [0.2, 0.25) is 0 Å². The van der Waals surface area contributed by atoms with Crippen LogP contribution >= 0.6 is 0 Å². The fourth-order valence-corrected chi connectivity index (χ4v) is 4.43. The molecule has 0 fully saturated rings. The van der Waals surface area contributed by atoms with Crippen molar-refractivity contribution in [1.82, 2.24) is 5.32 Å². The van der Waals surface area contributed by atoms with E-state index < -0.39 is 17.4 Å². The highest BCUT2D eigenvalue weighted by atomic mass is 32.2. The minimum absolute atomic E-state index is 0.0855. The van der Waals surface area contributed by atoms with Crippen LogP contribution in [0, 0.1) is 13.8 Å². The zero-order valence-corrected chi connectivity index (χ0v) is 22.7. The molecule has 2 unspecified atom stereocenters. The number of esters is 1. The molecule has 2 atom stereocenters. The Hall–Kier alpha value is -3.44. The van der Waals surface area contributed by atoms with Gasteiger partial charge >= 0.3 is 5.97 Å². The maximum atomic E-state index is 11.9. The summed E-state index contributed by atoms with van der Waals surface area (Å²) in [4.78, 5) is 11.9. The van der Waals surface area contributed by atoms with Gasteiger partial charge in [-0.3, -0.25) is 4.21 Å². The summed E-state index contributed by atoms with van der Waals surface area (Å²) in [6.45, 7) is 7.19. The maximum absolute atomic E-state index is 11.9. The summed E-state index contributed by atoms with van der Waals surface area (Å²) >= 11 is -2.55. The number of carbonyl (C=O) groups is 1. The molecule has 0 bridgehead atoms. The summed E-state index contributed by atoms with van der Waals surface area (Å²) in [6, 6.07) is 15.6. The maximum Gasteiger partial charge on any atom is 0.338 e. The van der Waals surface area contributed by atoms with Crippen molar-refractivity contribution >= 4 is 22.9 Å². The van der Waals surface area contributed by atoms with Crippen molar-refractivity contribution in [2.45, 2.75) is 26.9 Å². The van der Waals surface area contributed by atoms with Gasteiger partial charge in [-0.05, 0) is 85.0 Å². The molecule has 0 aliphatic carbocycles. The van der Waals surface area contributed by atoms with Crippen LogP contribution in [0.3, 0.4) is 0 Å². The Balaban J connectivity index is 1.54. The highest BCUT2D eigenvalue weighted by Gasteiger charge is 2.14. The van der Waals surface area contributed by atoms with Crippen molar-refractivity contribution in [1.29, 1.82) is 0 Å². The number of phenols is 1. The molecule has 0 aliphatic heterocycles. The van der Waals surface area contributed by atoms with Crippen molar-refractivity contribution in [3.8, 4) is 22.6 Å². The van der Waals surface area contributed by atoms with E-state index in [9.17, 15) is 23.8 Å². The molecular weight excluding hydrogens is 508 g/mol. The monoisotopic (exact) mass is 541 g/mol. The summed E-state index contributed by atoms with van der Waals surface area (Å²) in [5.41, 5.74) is 5.23. The zero-order valence-electron chi connectivity index (χ0n) is 21.9. The van der Waals surface area contributed by atoms with E-state index in [1.54, 1.807) is 25.1 Å². The van der Waals surface area contributed by atoms with Crippen molar-refractivity contribution in [2.75, 3.05) is 37.7 Å². The Morgan fingerprint density at radius 1 is 1.11 bits per heavy atom. The van der Waals surface area contributed by atoms with Gasteiger partial charge in [-0.1, -0.05) is 18.2 Å². The van der Waals surface area contributed by atoms with Gasteiger partial charge in [0.1, 0.15) is 18.1 Å². The number of rotatable bonds is 12. The Bertz CT molecular complexity index is 1260. The highest BCUT2D eigenvalue weighted by Crippen LogP contribution is 2.32. The zero-order chi connectivity index (χ0) is 27.8. The van der Waals surface area contributed by atoms with Crippen molar-refractivity contribution in [3.05, 3.63) is 76.9 Å². The molecule has 3 aromatic carbocycles. The van der Waals surface area contributed by atoms with Crippen LogP contribution < -0.4 is 14.4 Å². The number of nitrogens with zero attached hydrogens (tertiary/aromatic N) is 1. The first-order chi connectivity index (χ1) is 18.1. The molecule has 0 aromatic heterocycles. The summed E-state index contributed by atoms with van der Waals surface area (Å²) < 4.78 is 34.2. The van der Waals surface area contributed by atoms with Crippen LogP contribution in [0.15, 0.2) is 54.6 Å². The van der Waals surface area contributed by atoms with E-state index in [-0.39, 0.29) is 24.0 Å². The fourth-order valence-electron chi connectivity index (χ4n) is 4.13. The Morgan fingerprint density at radius 3 is 2.37 bits per heavy atom. The average molecular weight is 542 g/mol. The third-order valence-corrected chi connectivity index (χ3v) is 6.67. The number of aromatic hydroxyl groups is 1. The minimum Gasteiger partial charge on any atom is -0.755 e. The average Bonchev–Trinajstić information content (AvgIpc) is 2.88. The van der Waals surface area contributed by atoms with Gasteiger partial charge < -0.3 is 33.9 Å². The van der Waals surface area contributed by atoms with E-state index in [0.29, 0.717) is 30.9 Å². The molecule has 38 heavy (non-hydrogen) atoms. The fraction of sp³-hybridized carbons (Fsp3) is 0.321. The standard InChI is InChI=1S/C28H34N2O7S/c1-5-36-28(33)21-8-6-20(7-9-21)27-18(2)14-23(15-19(27)3)37-13-12-29-17-26(32)22-10-11-25(31)24(16-22)30(4)38(34)35/h6-11,14-16,26,29,31-32H,5,12-13,17H2,1-4H3,(H,34,35)/p-1. The molecule has 10 heteroatoms. The molecule has 0 amide bonds. The molecule has 3 rings (SSSR count). The molecule has 0 spiro atoms. The topological polar surface area (TPSA) is 131 Å². The Labute approximate surface area is 225 Å². The van der Waals surface area contributed by atoms with E-state index in [0.717, 1.165) is 32.3 Å². The van der Waals surface area contributed by atoms with Crippen molar-refractivity contribution < 1.29 is 33.2 Å². The van der Waals surface area contributed by atoms with E-state index >= 15 is 0 Å². The van der Waals surface area contributed by atoms with Gasteiger partial charge in [0.25, 0.3) is 0 Å². The Morgan fingerprint density at radius 2 is 1.76 bits per heavy atom. The molecule has 0 saturated heterocycles. The van der Waals surface area contributed by atoms with Crippen LogP contribution in [0.25, 0.3) is 11.1 Å². The predicted molar refractivity (Wildman–Crippen MR) is 146 cm³/mol. The smallest absolute Gasteiger partial charge is 0.338 e. The quantitative estimate of drug-likeness (QED) is 0.179. The van der Waals surface area contributed by atoms with Gasteiger partial charge in [-0.25, -0.2) is 4.79 Å². The number of aliphatic hydroxyl groups excluding tert-OH is 1. The SMILES string of the molecule is CCOC(=O)c1ccc(-c2c(C)cc(OCCNCC(O)c3ccc(O)c(N(C)S(=O)[O-])c3)cc2C)cc1. The van der Waals surface area contributed by atoms with Crippen LogP contribution in [0.5, 0.6) is 11.5 Å². The first kappa shape index (κ1) is 29.1. The third-order valence-electron chi connectivity index (χ3n) is 6.02. The lowest BCUT2D eigenvalue weighted by Crippen LogP contribution is -2.26. The minimum atomic E-state index is -2.55. The molecular formula is C28H33N2O7S-. The first-order valence-electron chi connectivity index (χ1n) is 12.2. The summed E-state index contributed by atoms with van der Waals surface area (Å²) in [7, 11) is 1.31. The molecule has 9 nitrogen and oxygen atoms in total. The van der Waals surface area contributed by atoms with E-state index in [1.807, 2.05) is 38.1 Å². The second-order valence-electron chi connectivity index (χ2n) is 8.76. The molecule has 204 valence electrons. The summed E-state index contributed by atoms with van der Waals surface area (Å²) in [5, 5.41) is 23.5. The van der Waals surface area contributed by atoms with Gasteiger partial charge in [0.05, 0.1) is 24.0 Å². The van der Waals surface area contributed by atoms with Crippen LogP contribution in [0.1, 0.15) is 40.1 Å². The van der Waals surface area contributed by atoms with Gasteiger partial charge in [0.2, 0.25) is 0 Å². The number of hydrogen-bond acceptors (Lipinski definition) is 8. The number of benzene rings is 3. The predicted octanol–water partition coefficient (Wildman–Crippen LogP) is 3.79. The molecule has 0 radical (unpaired) electrons.